The lowest BCUT2D eigenvalue weighted by molar-refractivity contribution is -0.141. The number of amides is 2. The first-order valence-corrected chi connectivity index (χ1v) is 7.02. The molecule has 0 saturated heterocycles. The van der Waals surface area contributed by atoms with Crippen molar-refractivity contribution < 1.29 is 14.7 Å². The van der Waals surface area contributed by atoms with E-state index in [0.29, 0.717) is 25.9 Å². The van der Waals surface area contributed by atoms with Gasteiger partial charge in [0, 0.05) is 24.9 Å². The summed E-state index contributed by atoms with van der Waals surface area (Å²) in [6.07, 6.45) is 1.12. The lowest BCUT2D eigenvalue weighted by atomic mass is 10.1. The van der Waals surface area contributed by atoms with Crippen molar-refractivity contribution in [3.8, 4) is 0 Å². The highest BCUT2D eigenvalue weighted by Gasteiger charge is 2.10. The summed E-state index contributed by atoms with van der Waals surface area (Å²) in [4.78, 5) is 26.3. The molecule has 0 radical (unpaired) electrons. The molecule has 7 heteroatoms. The maximum absolute atomic E-state index is 11.4. The van der Waals surface area contributed by atoms with Crippen LogP contribution in [-0.2, 0) is 11.2 Å². The normalized spacial score (nSPS) is 11.9. The second-order valence-electron chi connectivity index (χ2n) is 4.32. The number of carboxylic acids is 1. The zero-order valence-corrected chi connectivity index (χ0v) is 11.9. The minimum atomic E-state index is -0.846. The van der Waals surface area contributed by atoms with Gasteiger partial charge in [0.1, 0.15) is 0 Å². The predicted molar refractivity (Wildman–Crippen MR) is 73.4 cm³/mol. The van der Waals surface area contributed by atoms with Crippen molar-refractivity contribution in [2.45, 2.75) is 26.7 Å². The first-order chi connectivity index (χ1) is 8.99. The molecule has 0 aromatic carbocycles. The van der Waals surface area contributed by atoms with E-state index in [-0.39, 0.29) is 6.03 Å². The van der Waals surface area contributed by atoms with Crippen LogP contribution in [0.2, 0.25) is 0 Å². The van der Waals surface area contributed by atoms with Crippen LogP contribution in [0.25, 0.3) is 0 Å². The first kappa shape index (κ1) is 15.4. The molecule has 3 N–H and O–H groups in total. The molecule has 1 aromatic heterocycles. The molecule has 0 fully saturated rings. The lowest BCUT2D eigenvalue weighted by Crippen LogP contribution is -2.37. The molecule has 6 nitrogen and oxygen atoms in total. The molecule has 1 heterocycles. The van der Waals surface area contributed by atoms with Crippen LogP contribution in [0.15, 0.2) is 5.38 Å². The molecule has 0 aliphatic carbocycles. The van der Waals surface area contributed by atoms with E-state index >= 15 is 0 Å². The highest BCUT2D eigenvalue weighted by atomic mass is 32.1. The van der Waals surface area contributed by atoms with Crippen molar-refractivity contribution >= 4 is 23.3 Å². The van der Waals surface area contributed by atoms with Crippen molar-refractivity contribution in [2.24, 2.45) is 5.92 Å². The van der Waals surface area contributed by atoms with Gasteiger partial charge in [-0.25, -0.2) is 9.78 Å². The molecule has 0 saturated carbocycles. The summed E-state index contributed by atoms with van der Waals surface area (Å²) in [6, 6.07) is -0.274. The number of hydrogen-bond acceptors (Lipinski definition) is 4. The molecule has 0 bridgehead atoms. The predicted octanol–water partition coefficient (Wildman–Crippen LogP) is 1.40. The van der Waals surface area contributed by atoms with E-state index in [9.17, 15) is 9.59 Å². The van der Waals surface area contributed by atoms with Gasteiger partial charge in [0.25, 0.3) is 0 Å². The number of rotatable bonds is 7. The Morgan fingerprint density at radius 1 is 1.42 bits per heavy atom. The molecule has 1 unspecified atom stereocenters. The van der Waals surface area contributed by atoms with Gasteiger partial charge in [-0.2, -0.15) is 0 Å². The Morgan fingerprint density at radius 3 is 2.68 bits per heavy atom. The summed E-state index contributed by atoms with van der Waals surface area (Å²) in [5.41, 5.74) is 0.974. The van der Waals surface area contributed by atoms with Gasteiger partial charge < -0.3 is 15.7 Å². The minimum Gasteiger partial charge on any atom is -0.481 e. The van der Waals surface area contributed by atoms with Crippen LogP contribution in [0.5, 0.6) is 0 Å². The van der Waals surface area contributed by atoms with Crippen molar-refractivity contribution in [3.05, 3.63) is 16.1 Å². The quantitative estimate of drug-likeness (QED) is 0.706. The van der Waals surface area contributed by atoms with Crippen molar-refractivity contribution in [2.75, 3.05) is 13.1 Å². The molecule has 1 atom stereocenters. The standard InChI is InChI=1S/C12H19N3O3S/c1-8(11(16)17)3-5-13-12(18)14-6-4-10-7-19-9(2)15-10/h7-8H,3-6H2,1-2H3,(H,16,17)(H2,13,14,18). The summed E-state index contributed by atoms with van der Waals surface area (Å²) in [7, 11) is 0. The van der Waals surface area contributed by atoms with Crippen molar-refractivity contribution in [1.82, 2.24) is 15.6 Å². The Kier molecular flexibility index (Phi) is 6.27. The van der Waals surface area contributed by atoms with Crippen LogP contribution in [0.1, 0.15) is 24.0 Å². The van der Waals surface area contributed by atoms with E-state index < -0.39 is 11.9 Å². The van der Waals surface area contributed by atoms with Gasteiger partial charge in [0.2, 0.25) is 0 Å². The third-order valence-electron chi connectivity index (χ3n) is 2.62. The smallest absolute Gasteiger partial charge is 0.314 e. The van der Waals surface area contributed by atoms with Crippen LogP contribution in [-0.4, -0.2) is 35.2 Å². The molecule has 1 rings (SSSR count). The zero-order valence-electron chi connectivity index (χ0n) is 11.1. The fourth-order valence-electron chi connectivity index (χ4n) is 1.42. The number of hydrogen-bond donors (Lipinski definition) is 3. The highest BCUT2D eigenvalue weighted by Crippen LogP contribution is 2.07. The van der Waals surface area contributed by atoms with Gasteiger partial charge in [-0.05, 0) is 13.3 Å². The van der Waals surface area contributed by atoms with Crippen LogP contribution in [0, 0.1) is 12.8 Å². The number of nitrogens with one attached hydrogen (secondary N) is 2. The van der Waals surface area contributed by atoms with E-state index in [2.05, 4.69) is 15.6 Å². The van der Waals surface area contributed by atoms with E-state index in [1.54, 1.807) is 18.3 Å². The van der Waals surface area contributed by atoms with Gasteiger partial charge >= 0.3 is 12.0 Å². The Hall–Kier alpha value is -1.63. The molecule has 0 spiro atoms. The fourth-order valence-corrected chi connectivity index (χ4v) is 2.06. The Morgan fingerprint density at radius 2 is 2.11 bits per heavy atom. The van der Waals surface area contributed by atoms with Crippen molar-refractivity contribution in [3.63, 3.8) is 0 Å². The summed E-state index contributed by atoms with van der Waals surface area (Å²) < 4.78 is 0. The third kappa shape index (κ3) is 6.19. The van der Waals surface area contributed by atoms with Crippen LogP contribution >= 0.6 is 11.3 Å². The van der Waals surface area contributed by atoms with Crippen LogP contribution in [0.3, 0.4) is 0 Å². The molecular formula is C12H19N3O3S. The Labute approximate surface area is 116 Å². The molecule has 106 valence electrons. The fraction of sp³-hybridized carbons (Fsp3) is 0.583. The van der Waals surface area contributed by atoms with Crippen LogP contribution < -0.4 is 10.6 Å². The summed E-state index contributed by atoms with van der Waals surface area (Å²) in [5.74, 6) is -1.29. The average molecular weight is 285 g/mol. The Bertz CT molecular complexity index is 434. The van der Waals surface area contributed by atoms with E-state index in [1.807, 2.05) is 12.3 Å². The molecular weight excluding hydrogens is 266 g/mol. The van der Waals surface area contributed by atoms with Gasteiger partial charge in [-0.15, -0.1) is 11.3 Å². The number of carbonyl (C=O) groups excluding carboxylic acids is 1. The second-order valence-corrected chi connectivity index (χ2v) is 5.38. The minimum absolute atomic E-state index is 0.274. The van der Waals surface area contributed by atoms with E-state index in [1.165, 1.54) is 0 Å². The summed E-state index contributed by atoms with van der Waals surface area (Å²) in [5, 5.41) is 17.0. The monoisotopic (exact) mass is 285 g/mol. The van der Waals surface area contributed by atoms with Gasteiger partial charge in [-0.1, -0.05) is 6.92 Å². The molecule has 1 aromatic rings. The van der Waals surface area contributed by atoms with Gasteiger partial charge in [-0.3, -0.25) is 4.79 Å². The number of aliphatic carboxylic acids is 1. The summed E-state index contributed by atoms with van der Waals surface area (Å²) >= 11 is 1.59. The number of nitrogens with zero attached hydrogens (tertiary/aromatic N) is 1. The summed E-state index contributed by atoms with van der Waals surface area (Å²) in [6.45, 7) is 4.43. The number of aromatic nitrogens is 1. The van der Waals surface area contributed by atoms with E-state index in [0.717, 1.165) is 10.7 Å². The SMILES string of the molecule is Cc1nc(CCNC(=O)NCCC(C)C(=O)O)cs1. The largest absolute Gasteiger partial charge is 0.481 e. The van der Waals surface area contributed by atoms with Crippen LogP contribution in [0.4, 0.5) is 4.79 Å². The molecule has 0 aliphatic heterocycles. The number of aryl methyl sites for hydroxylation is 1. The molecule has 2 amide bonds. The molecule has 0 aliphatic rings. The third-order valence-corrected chi connectivity index (χ3v) is 3.44. The Balaban J connectivity index is 2.10. The zero-order chi connectivity index (χ0) is 14.3. The second kappa shape index (κ2) is 7.73. The maximum Gasteiger partial charge on any atom is 0.314 e. The number of carboxylic acid groups (broad SMARTS) is 1. The maximum atomic E-state index is 11.4. The van der Waals surface area contributed by atoms with Gasteiger partial charge in [0.05, 0.1) is 16.6 Å². The number of thiazole rings is 1. The van der Waals surface area contributed by atoms with Crippen molar-refractivity contribution in [1.29, 1.82) is 0 Å². The molecule has 19 heavy (non-hydrogen) atoms. The average Bonchev–Trinajstić information content (AvgIpc) is 2.74. The highest BCUT2D eigenvalue weighted by molar-refractivity contribution is 7.09. The number of urea groups is 1. The first-order valence-electron chi connectivity index (χ1n) is 6.14. The topological polar surface area (TPSA) is 91.3 Å². The van der Waals surface area contributed by atoms with Gasteiger partial charge in [0.15, 0.2) is 0 Å². The lowest BCUT2D eigenvalue weighted by Gasteiger charge is -2.08. The van der Waals surface area contributed by atoms with E-state index in [4.69, 9.17) is 5.11 Å². The number of carbonyl (C=O) groups is 2.